The molecule has 0 saturated heterocycles. The van der Waals surface area contributed by atoms with Gasteiger partial charge in [-0.25, -0.2) is 4.99 Å². The Balaban J connectivity index is -0.000000588. The molecule has 0 aliphatic heterocycles. The molecule has 0 aromatic rings. The molecule has 0 aliphatic carbocycles. The smallest absolute Gasteiger partial charge is 0.385 e. The molecule has 0 spiro atoms. The van der Waals surface area contributed by atoms with E-state index in [1.807, 2.05) is 34.7 Å². The van der Waals surface area contributed by atoms with E-state index in [1.54, 1.807) is 13.0 Å². The van der Waals surface area contributed by atoms with E-state index in [1.165, 1.54) is 44.9 Å². The Hall–Kier alpha value is -2.09. The summed E-state index contributed by atoms with van der Waals surface area (Å²) in [5, 5.41) is 6.13. The average Bonchev–Trinajstić information content (AvgIpc) is 3.08. The van der Waals surface area contributed by atoms with Gasteiger partial charge in [0.15, 0.2) is 0 Å². The summed E-state index contributed by atoms with van der Waals surface area (Å²) >= 11 is 0. The molecule has 0 rings (SSSR count). The number of allylic oxidation sites excluding steroid dienone is 4. The first-order valence-corrected chi connectivity index (χ1v) is 20.3. The molecule has 1 atom stereocenters. The summed E-state index contributed by atoms with van der Waals surface area (Å²) in [6, 6.07) is 0. The molecule has 0 aliphatic rings. The normalized spacial score (nSPS) is 13.0. The summed E-state index contributed by atoms with van der Waals surface area (Å²) in [6.07, 6.45) is 19.0. The van der Waals surface area contributed by atoms with E-state index in [0.717, 1.165) is 88.6 Å². The zero-order valence-corrected chi connectivity index (χ0v) is 35.0. The number of carbonyl (C=O) groups excluding carboxylic acids is 1. The van der Waals surface area contributed by atoms with Gasteiger partial charge in [-0.3, -0.25) is 0 Å². The lowest BCUT2D eigenvalue weighted by Gasteiger charge is -2.19. The minimum absolute atomic E-state index is 0.0876. The van der Waals surface area contributed by atoms with Gasteiger partial charge in [-0.2, -0.15) is 13.2 Å². The number of amidine groups is 1. The number of nitrogens with one attached hydrogen (secondary N) is 2. The number of hydrogen-bond donors (Lipinski definition) is 2. The Labute approximate surface area is 309 Å². The highest BCUT2D eigenvalue weighted by atomic mass is 19.4. The third kappa shape index (κ3) is 38.7. The zero-order valence-electron chi connectivity index (χ0n) is 35.0. The van der Waals surface area contributed by atoms with Gasteiger partial charge < -0.3 is 20.3 Å². The summed E-state index contributed by atoms with van der Waals surface area (Å²) in [4.78, 5) is 16.6. The second kappa shape index (κ2) is 41.3. The Morgan fingerprint density at radius 2 is 1.38 bits per heavy atom. The van der Waals surface area contributed by atoms with E-state index < -0.39 is 11.7 Å². The van der Waals surface area contributed by atoms with Crippen molar-refractivity contribution in [3.8, 4) is 0 Å². The molecule has 0 aromatic carbocycles. The Bertz CT molecular complexity index is 850. The first kappa shape index (κ1) is 54.7. The van der Waals surface area contributed by atoms with E-state index in [-0.39, 0.29) is 5.70 Å². The number of halogens is 3. The number of nitrogens with zero attached hydrogens (tertiary/aromatic N) is 2. The molecule has 0 heterocycles. The fourth-order valence-corrected chi connectivity index (χ4v) is 4.74. The van der Waals surface area contributed by atoms with Crippen LogP contribution in [0.15, 0.2) is 40.3 Å². The fraction of sp³-hybridized carbons (Fsp3) is 0.810. The summed E-state index contributed by atoms with van der Waals surface area (Å²) in [6.45, 7) is 25.0. The number of alkyl halides is 3. The van der Waals surface area contributed by atoms with E-state index in [0.29, 0.717) is 25.2 Å². The maximum atomic E-state index is 13.9. The van der Waals surface area contributed by atoms with E-state index >= 15 is 0 Å². The van der Waals surface area contributed by atoms with E-state index in [2.05, 4.69) is 68.1 Å². The van der Waals surface area contributed by atoms with Gasteiger partial charge in [0.25, 0.3) is 0 Å². The first-order valence-electron chi connectivity index (χ1n) is 20.3. The Morgan fingerprint density at radius 3 is 1.90 bits per heavy atom. The molecule has 50 heavy (non-hydrogen) atoms. The van der Waals surface area contributed by atoms with Crippen molar-refractivity contribution in [1.29, 1.82) is 0 Å². The van der Waals surface area contributed by atoms with Crippen molar-refractivity contribution in [3.63, 3.8) is 0 Å². The van der Waals surface area contributed by atoms with Crippen LogP contribution in [0.5, 0.6) is 0 Å². The van der Waals surface area contributed by atoms with Crippen molar-refractivity contribution in [2.75, 3.05) is 26.7 Å². The Morgan fingerprint density at radius 1 is 0.780 bits per heavy atom. The summed E-state index contributed by atoms with van der Waals surface area (Å²) in [5.74, 6) is 1.40. The van der Waals surface area contributed by atoms with Crippen molar-refractivity contribution in [2.45, 2.75) is 191 Å². The van der Waals surface area contributed by atoms with Crippen molar-refractivity contribution in [3.05, 3.63) is 35.3 Å². The molecule has 8 heteroatoms. The maximum Gasteiger partial charge on any atom is 0.419 e. The second-order valence-electron chi connectivity index (χ2n) is 12.9. The fourth-order valence-electron chi connectivity index (χ4n) is 4.74. The van der Waals surface area contributed by atoms with E-state index in [9.17, 15) is 18.0 Å². The molecule has 0 bridgehead atoms. The molecule has 0 saturated carbocycles. The number of unbranched alkanes of at least 4 members (excludes halogenated alkanes) is 7. The third-order valence-electron chi connectivity index (χ3n) is 7.50. The highest BCUT2D eigenvalue weighted by Gasteiger charge is 2.36. The number of rotatable bonds is 25. The molecular formula is C42H83F3N4O. The van der Waals surface area contributed by atoms with Gasteiger partial charge in [0.05, 0.1) is 5.57 Å². The monoisotopic (exact) mass is 717 g/mol. The average molecular weight is 717 g/mol. The van der Waals surface area contributed by atoms with Crippen molar-refractivity contribution >= 4 is 12.1 Å². The molecule has 298 valence electrons. The van der Waals surface area contributed by atoms with Crippen LogP contribution >= 0.6 is 0 Å². The molecule has 0 fully saturated rings. The summed E-state index contributed by atoms with van der Waals surface area (Å²) < 4.78 is 41.8. The maximum absolute atomic E-state index is 13.9. The molecule has 0 radical (unpaired) electrons. The van der Waals surface area contributed by atoms with Gasteiger partial charge in [-0.15, -0.1) is 0 Å². The highest BCUT2D eigenvalue weighted by Crippen LogP contribution is 2.30. The largest absolute Gasteiger partial charge is 0.419 e. The number of hydrogen-bond acceptors (Lipinski definition) is 4. The lowest BCUT2D eigenvalue weighted by atomic mass is 9.99. The highest BCUT2D eigenvalue weighted by molar-refractivity contribution is 5.81. The van der Waals surface area contributed by atoms with Crippen LogP contribution in [-0.4, -0.2) is 49.9 Å². The van der Waals surface area contributed by atoms with Crippen molar-refractivity contribution < 1.29 is 18.0 Å². The van der Waals surface area contributed by atoms with Crippen molar-refractivity contribution in [1.82, 2.24) is 15.5 Å². The molecule has 2 N–H and O–H groups in total. The van der Waals surface area contributed by atoms with Crippen LogP contribution in [0, 0.1) is 5.92 Å². The number of carbonyl (C=O) groups is 1. The van der Waals surface area contributed by atoms with Crippen LogP contribution in [0.2, 0.25) is 0 Å². The zero-order chi connectivity index (χ0) is 39.1. The van der Waals surface area contributed by atoms with Crippen molar-refractivity contribution in [2.24, 2.45) is 10.9 Å². The van der Waals surface area contributed by atoms with Crippen LogP contribution < -0.4 is 10.6 Å². The number of aldehydes is 1. The van der Waals surface area contributed by atoms with Crippen LogP contribution in [0.3, 0.4) is 0 Å². The Kier molecular flexibility index (Phi) is 45.2. The van der Waals surface area contributed by atoms with Gasteiger partial charge in [-0.05, 0) is 71.5 Å². The van der Waals surface area contributed by atoms with Gasteiger partial charge >= 0.3 is 6.18 Å². The van der Waals surface area contributed by atoms with Crippen LogP contribution in [0.1, 0.15) is 185 Å². The number of aliphatic imine (C=N–C) groups is 1. The molecule has 0 amide bonds. The topological polar surface area (TPSA) is 56.7 Å². The van der Waals surface area contributed by atoms with Crippen LogP contribution in [0.4, 0.5) is 13.2 Å². The molecular weight excluding hydrogens is 633 g/mol. The van der Waals surface area contributed by atoms with E-state index in [4.69, 9.17) is 0 Å². The minimum Gasteiger partial charge on any atom is -0.385 e. The van der Waals surface area contributed by atoms with Gasteiger partial charge in [0.2, 0.25) is 0 Å². The lowest BCUT2D eigenvalue weighted by Crippen LogP contribution is -2.28. The van der Waals surface area contributed by atoms with Gasteiger partial charge in [0, 0.05) is 30.6 Å². The predicted octanol–water partition coefficient (Wildman–Crippen LogP) is 13.3. The molecule has 1 unspecified atom stereocenters. The first-order chi connectivity index (χ1) is 23.9. The SMILES string of the molecule is CC.CCC.CCC/C=C(NCCCN(C)CCCCCC=O)/C(=C\N=C(C)N/C(=C/CCC)CC)C(F)(F)F.CCCCCC(C)CCC. The standard InChI is InChI=1S/C27H47F3N4O.C10H22.C3H8.C2H6/c1-6-9-16-24(8-3)33-23(4)32-22-25(27(28,29)30)26(17-10-7-2)31-18-15-20-34(5)19-13-11-12-14-21-35;1-4-6-7-9-10(3)8-5-2;1-3-2;1-2/h16-17,21-22,31H,6-15,18-20H2,1-5H3,(H,32,33);10H,4-9H2,1-3H3;3H2,1-2H3;1-2H3/b24-16+,25-22+,26-17-;;;. The van der Waals surface area contributed by atoms with Crippen LogP contribution in [-0.2, 0) is 4.79 Å². The quantitative estimate of drug-likeness (QED) is 0.0325. The third-order valence-corrected chi connectivity index (χ3v) is 7.50. The minimum atomic E-state index is -4.51. The predicted molar refractivity (Wildman–Crippen MR) is 217 cm³/mol. The summed E-state index contributed by atoms with van der Waals surface area (Å²) in [5.41, 5.74) is 0.290. The van der Waals surface area contributed by atoms with Gasteiger partial charge in [0.1, 0.15) is 12.1 Å². The molecule has 5 nitrogen and oxygen atoms in total. The lowest BCUT2D eigenvalue weighted by molar-refractivity contribution is -0.108. The van der Waals surface area contributed by atoms with Gasteiger partial charge in [-0.1, -0.05) is 146 Å². The molecule has 0 aromatic heterocycles. The van der Waals surface area contributed by atoms with Crippen LogP contribution in [0.25, 0.3) is 0 Å². The summed E-state index contributed by atoms with van der Waals surface area (Å²) in [7, 11) is 2.01. The second-order valence-corrected chi connectivity index (χ2v) is 12.9.